The van der Waals surface area contributed by atoms with E-state index in [-0.39, 0.29) is 18.9 Å². The summed E-state index contributed by atoms with van der Waals surface area (Å²) < 4.78 is 17.6. The van der Waals surface area contributed by atoms with Crippen LogP contribution >= 0.6 is 0 Å². The van der Waals surface area contributed by atoms with Gasteiger partial charge in [0, 0.05) is 11.8 Å². The van der Waals surface area contributed by atoms with E-state index in [1.165, 1.54) is 20.8 Å². The molecular weight excluding hydrogens is 498 g/mol. The Balaban J connectivity index is 2.56. The number of aliphatic hydroxyl groups is 5. The third-order valence-electron chi connectivity index (χ3n) is 8.70. The molecule has 2 unspecified atom stereocenters. The second-order valence-electron chi connectivity index (χ2n) is 12.2. The van der Waals surface area contributed by atoms with Gasteiger partial charge in [-0.2, -0.15) is 4.91 Å². The molecule has 2 saturated heterocycles. The Morgan fingerprint density at radius 3 is 2.18 bits per heavy atom. The highest BCUT2D eigenvalue weighted by Gasteiger charge is 2.51. The molecule has 0 aromatic heterocycles. The first-order chi connectivity index (χ1) is 17.5. The third-order valence-corrected chi connectivity index (χ3v) is 8.70. The lowest BCUT2D eigenvalue weighted by Gasteiger charge is -2.46. The molecule has 2 fully saturated rings. The first-order valence-corrected chi connectivity index (χ1v) is 13.8. The van der Waals surface area contributed by atoms with Gasteiger partial charge < -0.3 is 39.7 Å². The molecule has 14 atom stereocenters. The number of esters is 1. The van der Waals surface area contributed by atoms with E-state index in [9.17, 15) is 35.2 Å². The number of hydrogen-bond donors (Lipinski definition) is 5. The third kappa shape index (κ3) is 7.10. The van der Waals surface area contributed by atoms with E-state index >= 15 is 0 Å². The summed E-state index contributed by atoms with van der Waals surface area (Å²) >= 11 is 0. The Bertz CT molecular complexity index is 792. The summed E-state index contributed by atoms with van der Waals surface area (Å²) in [5.41, 5.74) is -3.59. The monoisotopic (exact) mass is 547 g/mol. The molecule has 11 heteroatoms. The van der Waals surface area contributed by atoms with Gasteiger partial charge in [-0.25, -0.2) is 0 Å². The van der Waals surface area contributed by atoms with Crippen LogP contribution in [0.1, 0.15) is 81.1 Å². The van der Waals surface area contributed by atoms with Crippen LogP contribution in [0.3, 0.4) is 0 Å². The average molecular weight is 548 g/mol. The van der Waals surface area contributed by atoms with Gasteiger partial charge in [0.05, 0.1) is 42.0 Å². The molecule has 38 heavy (non-hydrogen) atoms. The molecule has 0 bridgehead atoms. The molecule has 0 radical (unpaired) electrons. The van der Waals surface area contributed by atoms with Crippen LogP contribution in [0.15, 0.2) is 5.18 Å². The lowest BCUT2D eigenvalue weighted by molar-refractivity contribution is -0.290. The fourth-order valence-electron chi connectivity index (χ4n) is 6.19. The van der Waals surface area contributed by atoms with Gasteiger partial charge in [-0.3, -0.25) is 4.79 Å². The zero-order chi connectivity index (χ0) is 29.2. The molecule has 0 saturated carbocycles. The smallest absolute Gasteiger partial charge is 0.311 e. The minimum Gasteiger partial charge on any atom is -0.459 e. The number of aliphatic hydroxyl groups excluding tert-OH is 3. The van der Waals surface area contributed by atoms with Gasteiger partial charge in [-0.15, -0.1) is 0 Å². The van der Waals surface area contributed by atoms with Gasteiger partial charge in [0.25, 0.3) is 0 Å². The van der Waals surface area contributed by atoms with Crippen molar-refractivity contribution in [2.45, 2.75) is 141 Å². The van der Waals surface area contributed by atoms with E-state index in [2.05, 4.69) is 5.18 Å². The Hall–Kier alpha value is -1.21. The number of nitrogens with zero attached hydrogens (tertiary/aromatic N) is 1. The maximum absolute atomic E-state index is 13.1. The second kappa shape index (κ2) is 13.0. The highest BCUT2D eigenvalue weighted by Crippen LogP contribution is 2.39. The number of rotatable bonds is 4. The zero-order valence-electron chi connectivity index (χ0n) is 24.0. The van der Waals surface area contributed by atoms with E-state index in [4.69, 9.17) is 14.2 Å². The van der Waals surface area contributed by atoms with Gasteiger partial charge in [0.15, 0.2) is 6.29 Å². The van der Waals surface area contributed by atoms with Crippen molar-refractivity contribution >= 4 is 5.97 Å². The summed E-state index contributed by atoms with van der Waals surface area (Å²) in [7, 11) is 0. The predicted molar refractivity (Wildman–Crippen MR) is 139 cm³/mol. The summed E-state index contributed by atoms with van der Waals surface area (Å²) in [6.07, 6.45) is -6.08. The first kappa shape index (κ1) is 33.0. The van der Waals surface area contributed by atoms with E-state index in [0.717, 1.165) is 0 Å². The summed E-state index contributed by atoms with van der Waals surface area (Å²) in [6, 6.07) is -1.02. The number of carbonyl (C=O) groups excluding carboxylic acids is 1. The minimum atomic E-state index is -1.91. The van der Waals surface area contributed by atoms with Gasteiger partial charge in [-0.1, -0.05) is 32.9 Å². The van der Waals surface area contributed by atoms with Crippen LogP contribution in [0.2, 0.25) is 0 Å². The summed E-state index contributed by atoms with van der Waals surface area (Å²) in [6.45, 7) is 12.8. The first-order valence-electron chi connectivity index (χ1n) is 13.8. The van der Waals surface area contributed by atoms with Crippen molar-refractivity contribution in [3.05, 3.63) is 4.91 Å². The molecule has 0 aliphatic carbocycles. The Morgan fingerprint density at radius 2 is 1.63 bits per heavy atom. The Morgan fingerprint density at radius 1 is 1.03 bits per heavy atom. The summed E-state index contributed by atoms with van der Waals surface area (Å²) in [5.74, 6) is -4.16. The lowest BCUT2D eigenvalue weighted by atomic mass is 9.72. The molecule has 0 aromatic rings. The maximum Gasteiger partial charge on any atom is 0.311 e. The molecule has 0 amide bonds. The zero-order valence-corrected chi connectivity index (χ0v) is 24.0. The second-order valence-corrected chi connectivity index (χ2v) is 12.2. The molecule has 11 nitrogen and oxygen atoms in total. The minimum absolute atomic E-state index is 0.0290. The Kier molecular flexibility index (Phi) is 11.3. The molecule has 2 aliphatic heterocycles. The van der Waals surface area contributed by atoms with E-state index in [1.807, 2.05) is 6.92 Å². The van der Waals surface area contributed by atoms with E-state index < -0.39 is 83.7 Å². The van der Waals surface area contributed by atoms with Gasteiger partial charge >= 0.3 is 5.97 Å². The molecule has 0 spiro atoms. The standard InChI is InChI=1S/C27H49NO10/c1-9-19-27(8,34)22(31)15(4)20(28-35)13(2)12-26(7,33)23(16(5)21(30)17(6)24(32)37-19)38-25-18(29)11-10-14(3)36-25/h13-23,25,29-31,33-34H,9-12H2,1-8H3/t13-,14-,15+,16+,17-,18-,19-,20?,21+,22-,23-,25+,26?,27-/m1/s1. The average Bonchev–Trinajstić information content (AvgIpc) is 2.84. The summed E-state index contributed by atoms with van der Waals surface area (Å²) in [4.78, 5) is 25.1. The van der Waals surface area contributed by atoms with Crippen molar-refractivity contribution in [2.24, 2.45) is 28.8 Å². The van der Waals surface area contributed by atoms with Gasteiger partial charge in [-0.05, 0) is 59.3 Å². The van der Waals surface area contributed by atoms with Crippen LogP contribution in [0.4, 0.5) is 0 Å². The molecule has 2 aliphatic rings. The molecule has 0 aromatic carbocycles. The van der Waals surface area contributed by atoms with Crippen LogP contribution in [-0.4, -0.2) is 91.7 Å². The SMILES string of the molecule is CC[C@H]1OC(=O)[C@H](C)[C@@H](O)[C@H](C)[C@@H](O[C@@H]2O[C@H](C)CC[C@H]2O)C(C)(O)C[C@@H](C)C(N=O)[C@H](C)[C@@H](O)[C@]1(C)O. The van der Waals surface area contributed by atoms with Crippen LogP contribution in [0.25, 0.3) is 0 Å². The predicted octanol–water partition coefficient (Wildman–Crippen LogP) is 1.89. The van der Waals surface area contributed by atoms with Crippen molar-refractivity contribution in [2.75, 3.05) is 0 Å². The van der Waals surface area contributed by atoms with Crippen molar-refractivity contribution in [3.63, 3.8) is 0 Å². The fraction of sp³-hybridized carbons (Fsp3) is 0.963. The fourth-order valence-corrected chi connectivity index (χ4v) is 6.19. The van der Waals surface area contributed by atoms with Crippen molar-refractivity contribution in [3.8, 4) is 0 Å². The van der Waals surface area contributed by atoms with Gasteiger partial charge in [0.1, 0.15) is 17.8 Å². The molecule has 2 heterocycles. The number of carbonyl (C=O) groups is 1. The highest BCUT2D eigenvalue weighted by molar-refractivity contribution is 5.73. The molecular formula is C27H49NO10. The molecule has 222 valence electrons. The van der Waals surface area contributed by atoms with E-state index in [0.29, 0.717) is 12.8 Å². The largest absolute Gasteiger partial charge is 0.459 e. The quantitative estimate of drug-likeness (QED) is 0.258. The van der Waals surface area contributed by atoms with Crippen molar-refractivity contribution < 1.29 is 44.5 Å². The van der Waals surface area contributed by atoms with Gasteiger partial charge in [0.2, 0.25) is 0 Å². The van der Waals surface area contributed by atoms with Crippen LogP contribution < -0.4 is 0 Å². The highest BCUT2D eigenvalue weighted by atomic mass is 16.7. The van der Waals surface area contributed by atoms with Crippen LogP contribution in [0, 0.1) is 28.6 Å². The number of nitroso groups, excluding NO2 is 1. The normalized spacial score (nSPS) is 50.1. The maximum atomic E-state index is 13.1. The Labute approximate surface area is 225 Å². The number of cyclic esters (lactones) is 1. The van der Waals surface area contributed by atoms with Crippen molar-refractivity contribution in [1.82, 2.24) is 0 Å². The van der Waals surface area contributed by atoms with Crippen LogP contribution in [0.5, 0.6) is 0 Å². The molecule has 5 N–H and O–H groups in total. The van der Waals surface area contributed by atoms with E-state index in [1.54, 1.807) is 27.7 Å². The topological polar surface area (TPSA) is 175 Å². The summed E-state index contributed by atoms with van der Waals surface area (Å²) in [5, 5.41) is 59.1. The number of ether oxygens (including phenoxy) is 3. The molecule has 2 rings (SSSR count). The van der Waals surface area contributed by atoms with Crippen molar-refractivity contribution in [1.29, 1.82) is 0 Å². The number of hydrogen-bond acceptors (Lipinski definition) is 11. The lowest BCUT2D eigenvalue weighted by Crippen LogP contribution is -2.58. The van der Waals surface area contributed by atoms with Crippen LogP contribution in [-0.2, 0) is 19.0 Å².